The van der Waals surface area contributed by atoms with Crippen molar-refractivity contribution in [1.29, 1.82) is 0 Å². The Kier molecular flexibility index (Phi) is 7.06. The third-order valence-corrected chi connectivity index (χ3v) is 5.36. The molecule has 148 valence electrons. The number of benzene rings is 1. The van der Waals surface area contributed by atoms with Gasteiger partial charge in [-0.25, -0.2) is 5.48 Å². The fourth-order valence-electron chi connectivity index (χ4n) is 3.74. The molecular weight excluding hydrogens is 374 g/mol. The lowest BCUT2D eigenvalue weighted by atomic mass is 10.1. The van der Waals surface area contributed by atoms with Crippen molar-refractivity contribution in [3.05, 3.63) is 53.3 Å². The number of nitrogens with zero attached hydrogens (tertiary/aromatic N) is 2. The number of carbonyl (C=O) groups is 1. The Labute approximate surface area is 170 Å². The molecule has 0 radical (unpaired) electrons. The molecule has 0 fully saturated rings. The van der Waals surface area contributed by atoms with Gasteiger partial charge in [-0.3, -0.25) is 15.0 Å². The first-order chi connectivity index (χ1) is 13.6. The summed E-state index contributed by atoms with van der Waals surface area (Å²) in [5, 5.41) is 10.4. The molecule has 0 aliphatic heterocycles. The molecule has 0 aliphatic carbocycles. The smallest absolute Gasteiger partial charge is 0.243 e. The minimum Gasteiger partial charge on any atom is -0.340 e. The van der Waals surface area contributed by atoms with Crippen LogP contribution in [-0.2, 0) is 11.3 Å². The molecule has 5 nitrogen and oxygen atoms in total. The number of carbonyl (C=O) groups excluding carboxylic acids is 1. The van der Waals surface area contributed by atoms with Crippen molar-refractivity contribution in [2.45, 2.75) is 52.0 Å². The van der Waals surface area contributed by atoms with Crippen LogP contribution in [-0.4, -0.2) is 20.7 Å². The topological polar surface area (TPSA) is 67.2 Å². The van der Waals surface area contributed by atoms with Crippen molar-refractivity contribution in [2.75, 3.05) is 0 Å². The average molecular weight is 400 g/mol. The number of aryl methyl sites for hydroxylation is 2. The molecule has 6 heteroatoms. The molecule has 28 heavy (non-hydrogen) atoms. The molecule has 1 amide bonds. The quantitative estimate of drug-likeness (QED) is 0.283. The van der Waals surface area contributed by atoms with Gasteiger partial charge in [0.1, 0.15) is 0 Å². The minimum absolute atomic E-state index is 0.311. The highest BCUT2D eigenvalue weighted by atomic mass is 35.5. The van der Waals surface area contributed by atoms with Crippen LogP contribution in [0.15, 0.2) is 42.7 Å². The van der Waals surface area contributed by atoms with Gasteiger partial charge in [0.25, 0.3) is 0 Å². The Hall–Kier alpha value is -2.37. The number of fused-ring (bicyclic) bond motifs is 1. The Balaban J connectivity index is 1.72. The zero-order valence-corrected chi connectivity index (χ0v) is 16.9. The highest BCUT2D eigenvalue weighted by molar-refractivity contribution is 6.31. The van der Waals surface area contributed by atoms with Gasteiger partial charge >= 0.3 is 0 Å². The van der Waals surface area contributed by atoms with Crippen LogP contribution in [0.25, 0.3) is 22.2 Å². The fourth-order valence-corrected chi connectivity index (χ4v) is 3.92. The van der Waals surface area contributed by atoms with Gasteiger partial charge in [0.05, 0.1) is 5.69 Å². The van der Waals surface area contributed by atoms with E-state index in [1.165, 1.54) is 22.2 Å². The molecule has 0 saturated heterocycles. The molecule has 2 N–H and O–H groups in total. The van der Waals surface area contributed by atoms with Crippen LogP contribution < -0.4 is 5.48 Å². The number of hydrogen-bond donors (Lipinski definition) is 2. The summed E-state index contributed by atoms with van der Waals surface area (Å²) in [5.74, 6) is -0.311. The second-order valence-corrected chi connectivity index (χ2v) is 7.52. The summed E-state index contributed by atoms with van der Waals surface area (Å²) in [6.45, 7) is 3.07. The molecular formula is C22H26ClN3O2. The lowest BCUT2D eigenvalue weighted by Crippen LogP contribution is -2.17. The van der Waals surface area contributed by atoms with Crippen LogP contribution >= 0.6 is 11.6 Å². The number of nitrogens with one attached hydrogen (secondary N) is 1. The summed E-state index contributed by atoms with van der Waals surface area (Å²) in [4.78, 5) is 15.3. The van der Waals surface area contributed by atoms with Crippen molar-refractivity contribution in [3.63, 3.8) is 0 Å². The highest BCUT2D eigenvalue weighted by Crippen LogP contribution is 2.34. The maximum atomic E-state index is 11.0. The van der Waals surface area contributed by atoms with Crippen molar-refractivity contribution in [3.8, 4) is 11.3 Å². The molecule has 0 aliphatic rings. The number of hydrogen-bond acceptors (Lipinski definition) is 3. The second kappa shape index (κ2) is 9.71. The van der Waals surface area contributed by atoms with Gasteiger partial charge in [0.15, 0.2) is 0 Å². The van der Waals surface area contributed by atoms with Gasteiger partial charge in [0, 0.05) is 46.8 Å². The first kappa shape index (κ1) is 20.4. The van der Waals surface area contributed by atoms with Gasteiger partial charge in [-0.15, -0.1) is 0 Å². The highest BCUT2D eigenvalue weighted by Gasteiger charge is 2.16. The van der Waals surface area contributed by atoms with Gasteiger partial charge < -0.3 is 4.57 Å². The Morgan fingerprint density at radius 2 is 1.96 bits per heavy atom. The van der Waals surface area contributed by atoms with Crippen LogP contribution in [0.2, 0.25) is 5.02 Å². The van der Waals surface area contributed by atoms with Gasteiger partial charge in [-0.2, -0.15) is 0 Å². The molecule has 2 heterocycles. The van der Waals surface area contributed by atoms with Gasteiger partial charge in [-0.05, 0) is 55.7 Å². The van der Waals surface area contributed by atoms with Crippen LogP contribution in [0.3, 0.4) is 0 Å². The van der Waals surface area contributed by atoms with Crippen LogP contribution in [0.1, 0.15) is 44.1 Å². The van der Waals surface area contributed by atoms with E-state index in [1.807, 2.05) is 24.4 Å². The van der Waals surface area contributed by atoms with Crippen molar-refractivity contribution in [2.24, 2.45) is 0 Å². The predicted molar refractivity (Wildman–Crippen MR) is 113 cm³/mol. The zero-order valence-electron chi connectivity index (χ0n) is 16.1. The predicted octanol–water partition coefficient (Wildman–Crippen LogP) is 5.51. The number of amides is 1. The number of halogens is 1. The van der Waals surface area contributed by atoms with E-state index >= 15 is 0 Å². The van der Waals surface area contributed by atoms with Crippen molar-refractivity contribution >= 4 is 28.4 Å². The molecule has 0 saturated carbocycles. The summed E-state index contributed by atoms with van der Waals surface area (Å²) in [5.41, 5.74) is 6.41. The second-order valence-electron chi connectivity index (χ2n) is 7.08. The summed E-state index contributed by atoms with van der Waals surface area (Å²) in [6.07, 6.45) is 9.10. The average Bonchev–Trinajstić information content (AvgIpc) is 2.98. The molecule has 1 aromatic carbocycles. The monoisotopic (exact) mass is 399 g/mol. The molecule has 0 spiro atoms. The minimum atomic E-state index is -0.311. The molecule has 0 atom stereocenters. The largest absolute Gasteiger partial charge is 0.340 e. The van der Waals surface area contributed by atoms with E-state index in [4.69, 9.17) is 16.8 Å². The van der Waals surface area contributed by atoms with E-state index < -0.39 is 0 Å². The standard InChI is InChI=1S/C22H26ClN3O2/c1-16-19-14-18(23)10-11-20(19)26(22(16)17-8-7-12-24-15-17)13-6-4-2-3-5-9-21(27)25-28/h7-8,10-12,14-15,28H,2-6,9,13H2,1H3,(H,25,27). The van der Waals surface area contributed by atoms with Crippen LogP contribution in [0.5, 0.6) is 0 Å². The van der Waals surface area contributed by atoms with E-state index in [-0.39, 0.29) is 5.91 Å². The Morgan fingerprint density at radius 3 is 2.71 bits per heavy atom. The van der Waals surface area contributed by atoms with E-state index in [0.717, 1.165) is 49.2 Å². The van der Waals surface area contributed by atoms with Crippen molar-refractivity contribution < 1.29 is 10.0 Å². The van der Waals surface area contributed by atoms with Gasteiger partial charge in [-0.1, -0.05) is 30.9 Å². The summed E-state index contributed by atoms with van der Waals surface area (Å²) < 4.78 is 2.37. The number of hydroxylamine groups is 1. The first-order valence-electron chi connectivity index (χ1n) is 9.73. The number of pyridine rings is 1. The molecule has 0 unspecified atom stereocenters. The van der Waals surface area contributed by atoms with E-state index in [2.05, 4.69) is 28.6 Å². The van der Waals surface area contributed by atoms with E-state index in [1.54, 1.807) is 11.7 Å². The Morgan fingerprint density at radius 1 is 1.18 bits per heavy atom. The first-order valence-corrected chi connectivity index (χ1v) is 10.1. The molecule has 2 aromatic heterocycles. The third-order valence-electron chi connectivity index (χ3n) is 5.12. The zero-order chi connectivity index (χ0) is 19.9. The van der Waals surface area contributed by atoms with Crippen molar-refractivity contribution in [1.82, 2.24) is 15.0 Å². The van der Waals surface area contributed by atoms with E-state index in [9.17, 15) is 4.79 Å². The lowest BCUT2D eigenvalue weighted by Gasteiger charge is -2.12. The maximum absolute atomic E-state index is 11.0. The lowest BCUT2D eigenvalue weighted by molar-refractivity contribution is -0.129. The van der Waals surface area contributed by atoms with E-state index in [0.29, 0.717) is 6.42 Å². The third kappa shape index (κ3) is 4.72. The summed E-state index contributed by atoms with van der Waals surface area (Å²) in [6, 6.07) is 10.1. The summed E-state index contributed by atoms with van der Waals surface area (Å²) >= 11 is 6.24. The number of aromatic nitrogens is 2. The Bertz CT molecular complexity index is 938. The molecule has 3 aromatic rings. The fraction of sp³-hybridized carbons (Fsp3) is 0.364. The number of rotatable bonds is 9. The molecule has 0 bridgehead atoms. The number of unbranched alkanes of at least 4 members (excludes halogenated alkanes) is 4. The maximum Gasteiger partial charge on any atom is 0.243 e. The summed E-state index contributed by atoms with van der Waals surface area (Å²) in [7, 11) is 0. The normalized spacial score (nSPS) is 11.1. The SMILES string of the molecule is Cc1c(-c2cccnc2)n(CCCCCCCC(=O)NO)c2ccc(Cl)cc12. The van der Waals surface area contributed by atoms with Crippen LogP contribution in [0, 0.1) is 6.92 Å². The van der Waals surface area contributed by atoms with Gasteiger partial charge in [0.2, 0.25) is 5.91 Å². The van der Waals surface area contributed by atoms with Crippen LogP contribution in [0.4, 0.5) is 0 Å². The molecule has 3 rings (SSSR count).